The van der Waals surface area contributed by atoms with Gasteiger partial charge >= 0.3 is 0 Å². The third-order valence-corrected chi connectivity index (χ3v) is 3.47. The molecule has 0 aliphatic heterocycles. The number of ether oxygens (including phenoxy) is 1. The van der Waals surface area contributed by atoms with Crippen LogP contribution in [0.5, 0.6) is 0 Å². The third-order valence-electron chi connectivity index (χ3n) is 3.47. The molecule has 74 valence electrons. The summed E-state index contributed by atoms with van der Waals surface area (Å²) in [6, 6.07) is 5.96. The molecular weight excluding hydrogens is 174 g/mol. The Morgan fingerprint density at radius 2 is 2.21 bits per heavy atom. The predicted molar refractivity (Wildman–Crippen MR) is 53.7 cm³/mol. The molecule has 0 atom stereocenters. The minimum absolute atomic E-state index is 0.513. The summed E-state index contributed by atoms with van der Waals surface area (Å²) in [6.45, 7) is 0.682. The first-order valence-corrected chi connectivity index (χ1v) is 5.38. The van der Waals surface area contributed by atoms with Gasteiger partial charge in [-0.1, -0.05) is 6.07 Å². The maximum Gasteiger partial charge on any atom is 0.0891 e. The van der Waals surface area contributed by atoms with Gasteiger partial charge in [-0.3, -0.25) is 4.98 Å². The maximum atomic E-state index is 5.78. The molecule has 1 aromatic heterocycles. The lowest BCUT2D eigenvalue weighted by molar-refractivity contribution is -0.0506. The van der Waals surface area contributed by atoms with Crippen LogP contribution in [0.15, 0.2) is 24.4 Å². The third kappa shape index (κ3) is 1.55. The lowest BCUT2D eigenvalue weighted by Crippen LogP contribution is -2.32. The smallest absolute Gasteiger partial charge is 0.0891 e. The van der Waals surface area contributed by atoms with E-state index in [1.807, 2.05) is 24.4 Å². The molecule has 0 aromatic carbocycles. The molecule has 2 nitrogen and oxygen atoms in total. The van der Waals surface area contributed by atoms with Gasteiger partial charge < -0.3 is 4.74 Å². The topological polar surface area (TPSA) is 22.1 Å². The Bertz CT molecular complexity index is 310. The fraction of sp³-hybridized carbons (Fsp3) is 0.583. The van der Waals surface area contributed by atoms with E-state index in [-0.39, 0.29) is 0 Å². The average Bonchev–Trinajstić information content (AvgIpc) is 2.94. The van der Waals surface area contributed by atoms with E-state index in [2.05, 4.69) is 4.98 Å². The summed E-state index contributed by atoms with van der Waals surface area (Å²) in [5, 5.41) is 0. The average molecular weight is 189 g/mol. The zero-order chi connectivity index (χ0) is 9.43. The molecule has 3 rings (SSSR count). The largest absolute Gasteiger partial charge is 0.372 e. The van der Waals surface area contributed by atoms with Gasteiger partial charge in [-0.25, -0.2) is 0 Å². The van der Waals surface area contributed by atoms with Crippen molar-refractivity contribution in [3.05, 3.63) is 30.1 Å². The van der Waals surface area contributed by atoms with E-state index in [0.29, 0.717) is 12.7 Å². The van der Waals surface area contributed by atoms with E-state index in [1.165, 1.54) is 25.7 Å². The van der Waals surface area contributed by atoms with E-state index in [9.17, 15) is 0 Å². The molecule has 2 aliphatic carbocycles. The van der Waals surface area contributed by atoms with Gasteiger partial charge in [-0.15, -0.1) is 0 Å². The molecule has 0 radical (unpaired) electrons. The number of aromatic nitrogens is 1. The van der Waals surface area contributed by atoms with E-state index in [1.54, 1.807) is 0 Å². The van der Waals surface area contributed by atoms with Gasteiger partial charge in [0, 0.05) is 6.20 Å². The number of rotatable bonds is 3. The molecule has 1 spiro atoms. The Labute approximate surface area is 84.3 Å². The van der Waals surface area contributed by atoms with Gasteiger partial charge in [0.1, 0.15) is 0 Å². The molecule has 0 unspecified atom stereocenters. The number of hydrogen-bond acceptors (Lipinski definition) is 2. The van der Waals surface area contributed by atoms with Crippen molar-refractivity contribution < 1.29 is 4.74 Å². The second kappa shape index (κ2) is 3.06. The van der Waals surface area contributed by atoms with Crippen molar-refractivity contribution in [3.8, 4) is 0 Å². The second-order valence-electron chi connectivity index (χ2n) is 4.66. The summed E-state index contributed by atoms with van der Waals surface area (Å²) in [5.41, 5.74) is 1.79. The first kappa shape index (κ1) is 8.42. The van der Waals surface area contributed by atoms with Crippen LogP contribution in [0.1, 0.15) is 31.4 Å². The number of hydrogen-bond donors (Lipinski definition) is 0. The summed E-state index contributed by atoms with van der Waals surface area (Å²) >= 11 is 0. The predicted octanol–water partition coefficient (Wildman–Crippen LogP) is 2.54. The Morgan fingerprint density at radius 3 is 2.86 bits per heavy atom. The molecule has 0 saturated heterocycles. The van der Waals surface area contributed by atoms with Crippen LogP contribution < -0.4 is 0 Å². The summed E-state index contributed by atoms with van der Waals surface area (Å²) in [5.74, 6) is 0. The van der Waals surface area contributed by atoms with E-state index >= 15 is 0 Å². The van der Waals surface area contributed by atoms with Crippen molar-refractivity contribution in [2.45, 2.75) is 38.4 Å². The molecule has 2 saturated carbocycles. The standard InChI is InChI=1S/C12H15NO/c1-2-6-13-10(3-1)9-14-11-7-12(8-11)4-5-12/h1-3,6,11H,4-5,7-9H2. The summed E-state index contributed by atoms with van der Waals surface area (Å²) in [4.78, 5) is 4.24. The van der Waals surface area contributed by atoms with Crippen molar-refractivity contribution in [1.82, 2.24) is 4.98 Å². The van der Waals surface area contributed by atoms with Crippen LogP contribution >= 0.6 is 0 Å². The zero-order valence-electron chi connectivity index (χ0n) is 8.28. The van der Waals surface area contributed by atoms with Crippen molar-refractivity contribution >= 4 is 0 Å². The van der Waals surface area contributed by atoms with E-state index in [0.717, 1.165) is 11.1 Å². The molecule has 0 N–H and O–H groups in total. The van der Waals surface area contributed by atoms with Crippen LogP contribution in [0.4, 0.5) is 0 Å². The van der Waals surface area contributed by atoms with Crippen LogP contribution in [0.25, 0.3) is 0 Å². The molecule has 0 bridgehead atoms. The molecule has 2 aliphatic rings. The Morgan fingerprint density at radius 1 is 1.36 bits per heavy atom. The Hall–Kier alpha value is -0.890. The first-order chi connectivity index (χ1) is 6.86. The van der Waals surface area contributed by atoms with Gasteiger partial charge in [0.15, 0.2) is 0 Å². The van der Waals surface area contributed by atoms with Crippen molar-refractivity contribution in [3.63, 3.8) is 0 Å². The Balaban J connectivity index is 1.47. The summed E-state index contributed by atoms with van der Waals surface area (Å²) in [7, 11) is 0. The van der Waals surface area contributed by atoms with Crippen LogP contribution in [-0.2, 0) is 11.3 Å². The van der Waals surface area contributed by atoms with Crippen LogP contribution in [0.2, 0.25) is 0 Å². The maximum absolute atomic E-state index is 5.78. The van der Waals surface area contributed by atoms with Crippen molar-refractivity contribution in [2.24, 2.45) is 5.41 Å². The van der Waals surface area contributed by atoms with Crippen LogP contribution in [0.3, 0.4) is 0 Å². The quantitative estimate of drug-likeness (QED) is 0.729. The minimum Gasteiger partial charge on any atom is -0.372 e. The number of pyridine rings is 1. The highest BCUT2D eigenvalue weighted by molar-refractivity contribution is 5.06. The van der Waals surface area contributed by atoms with Gasteiger partial charge in [0.2, 0.25) is 0 Å². The van der Waals surface area contributed by atoms with Gasteiger partial charge in [0.25, 0.3) is 0 Å². The van der Waals surface area contributed by atoms with E-state index < -0.39 is 0 Å². The SMILES string of the molecule is c1ccc(COC2CC3(CC3)C2)nc1. The summed E-state index contributed by atoms with van der Waals surface area (Å²) in [6.07, 6.45) is 7.80. The van der Waals surface area contributed by atoms with Gasteiger partial charge in [0.05, 0.1) is 18.4 Å². The van der Waals surface area contributed by atoms with Crippen molar-refractivity contribution in [1.29, 1.82) is 0 Å². The molecule has 0 amide bonds. The molecule has 2 heteroatoms. The fourth-order valence-electron chi connectivity index (χ4n) is 2.30. The first-order valence-electron chi connectivity index (χ1n) is 5.38. The normalized spacial score (nSPS) is 23.4. The lowest BCUT2D eigenvalue weighted by Gasteiger charge is -2.35. The zero-order valence-corrected chi connectivity index (χ0v) is 8.28. The fourth-order valence-corrected chi connectivity index (χ4v) is 2.30. The minimum atomic E-state index is 0.513. The Kier molecular flexibility index (Phi) is 1.84. The van der Waals surface area contributed by atoms with Crippen LogP contribution in [0, 0.1) is 5.41 Å². The highest BCUT2D eigenvalue weighted by Gasteiger charge is 2.53. The van der Waals surface area contributed by atoms with Gasteiger partial charge in [-0.05, 0) is 43.2 Å². The number of nitrogens with zero attached hydrogens (tertiary/aromatic N) is 1. The second-order valence-corrected chi connectivity index (χ2v) is 4.66. The molecular formula is C12H15NO. The highest BCUT2D eigenvalue weighted by Crippen LogP contribution is 2.61. The molecule has 1 aromatic rings. The van der Waals surface area contributed by atoms with Crippen molar-refractivity contribution in [2.75, 3.05) is 0 Å². The monoisotopic (exact) mass is 189 g/mol. The van der Waals surface area contributed by atoms with E-state index in [4.69, 9.17) is 4.74 Å². The molecule has 2 fully saturated rings. The van der Waals surface area contributed by atoms with Gasteiger partial charge in [-0.2, -0.15) is 0 Å². The molecule has 14 heavy (non-hydrogen) atoms. The summed E-state index contributed by atoms with van der Waals surface area (Å²) < 4.78 is 5.78. The highest BCUT2D eigenvalue weighted by atomic mass is 16.5. The molecule has 1 heterocycles. The van der Waals surface area contributed by atoms with Crippen LogP contribution in [-0.4, -0.2) is 11.1 Å². The lowest BCUT2D eigenvalue weighted by atomic mass is 9.79.